The number of imidazole rings is 1. The van der Waals surface area contributed by atoms with Gasteiger partial charge in [-0.1, -0.05) is 25.1 Å². The van der Waals surface area contributed by atoms with Crippen LogP contribution in [0.15, 0.2) is 36.7 Å². The number of halogens is 1. The Balaban J connectivity index is 2.39. The summed E-state index contributed by atoms with van der Waals surface area (Å²) in [5.41, 5.74) is 5.89. The van der Waals surface area contributed by atoms with Crippen LogP contribution in [-0.2, 0) is 11.8 Å². The predicted molar refractivity (Wildman–Crippen MR) is 77.8 cm³/mol. The summed E-state index contributed by atoms with van der Waals surface area (Å²) in [4.78, 5) is 16.3. The molecule has 0 bridgehead atoms. The summed E-state index contributed by atoms with van der Waals surface area (Å²) >= 11 is 0. The second kappa shape index (κ2) is 6.49. The molecule has 0 aliphatic rings. The van der Waals surface area contributed by atoms with E-state index >= 15 is 0 Å². The molecule has 0 spiro atoms. The maximum absolute atomic E-state index is 14.1. The lowest BCUT2D eigenvalue weighted by Gasteiger charge is -2.21. The van der Waals surface area contributed by atoms with Gasteiger partial charge >= 0.3 is 0 Å². The third-order valence-electron chi connectivity index (χ3n) is 3.42. The number of carbonyl (C=O) groups is 1. The Morgan fingerprint density at radius 2 is 2.19 bits per heavy atom. The van der Waals surface area contributed by atoms with Crippen molar-refractivity contribution in [2.24, 2.45) is 18.7 Å². The molecule has 5 nitrogen and oxygen atoms in total. The summed E-state index contributed by atoms with van der Waals surface area (Å²) < 4.78 is 15.8. The average molecular weight is 290 g/mol. The zero-order valence-electron chi connectivity index (χ0n) is 12.1. The molecule has 0 saturated carbocycles. The van der Waals surface area contributed by atoms with E-state index in [-0.39, 0.29) is 24.2 Å². The van der Waals surface area contributed by atoms with Gasteiger partial charge in [-0.3, -0.25) is 4.79 Å². The lowest BCUT2D eigenvalue weighted by Crippen LogP contribution is -2.37. The molecule has 2 unspecified atom stereocenters. The topological polar surface area (TPSA) is 72.9 Å². The van der Waals surface area contributed by atoms with Gasteiger partial charge < -0.3 is 15.6 Å². The Bertz CT molecular complexity index is 626. The van der Waals surface area contributed by atoms with Gasteiger partial charge in [-0.15, -0.1) is 0 Å². The van der Waals surface area contributed by atoms with E-state index in [1.54, 1.807) is 49.1 Å². The molecular formula is C15H19FN4O. The molecule has 0 saturated heterocycles. The molecule has 2 aromatic rings. The number of nitrogens with two attached hydrogens (primary N) is 1. The van der Waals surface area contributed by atoms with Crippen LogP contribution < -0.4 is 11.1 Å². The van der Waals surface area contributed by atoms with E-state index in [1.807, 2.05) is 0 Å². The van der Waals surface area contributed by atoms with E-state index in [0.29, 0.717) is 11.4 Å². The van der Waals surface area contributed by atoms with Crippen LogP contribution >= 0.6 is 0 Å². The van der Waals surface area contributed by atoms with Crippen LogP contribution in [0.4, 0.5) is 4.39 Å². The first-order valence-corrected chi connectivity index (χ1v) is 6.76. The number of amides is 1. The minimum atomic E-state index is -0.646. The molecular weight excluding hydrogens is 271 g/mol. The van der Waals surface area contributed by atoms with Crippen molar-refractivity contribution in [2.75, 3.05) is 6.54 Å². The molecule has 21 heavy (non-hydrogen) atoms. The van der Waals surface area contributed by atoms with Gasteiger partial charge in [0.1, 0.15) is 17.7 Å². The van der Waals surface area contributed by atoms with Crippen LogP contribution in [0.5, 0.6) is 0 Å². The van der Waals surface area contributed by atoms with Crippen LogP contribution in [0.3, 0.4) is 0 Å². The van der Waals surface area contributed by atoms with E-state index in [0.717, 1.165) is 0 Å². The maximum atomic E-state index is 14.1. The van der Waals surface area contributed by atoms with Gasteiger partial charge in [0.15, 0.2) is 0 Å². The molecule has 0 aliphatic carbocycles. The number of carbonyl (C=O) groups excluding carboxylic acids is 1. The van der Waals surface area contributed by atoms with E-state index in [2.05, 4.69) is 10.3 Å². The van der Waals surface area contributed by atoms with Crippen molar-refractivity contribution >= 4 is 5.91 Å². The molecule has 1 aromatic carbocycles. The minimum Gasteiger partial charge on any atom is -0.342 e. The summed E-state index contributed by atoms with van der Waals surface area (Å²) in [6.45, 7) is 1.96. The normalized spacial score (nSPS) is 13.7. The highest BCUT2D eigenvalue weighted by Crippen LogP contribution is 2.23. The van der Waals surface area contributed by atoms with Crippen molar-refractivity contribution < 1.29 is 9.18 Å². The molecule has 112 valence electrons. The van der Waals surface area contributed by atoms with Gasteiger partial charge in [0.05, 0.1) is 0 Å². The van der Waals surface area contributed by atoms with Crippen LogP contribution in [-0.4, -0.2) is 22.0 Å². The van der Waals surface area contributed by atoms with Crippen molar-refractivity contribution in [3.05, 3.63) is 53.9 Å². The number of hydrogen-bond acceptors (Lipinski definition) is 3. The van der Waals surface area contributed by atoms with Crippen LogP contribution in [0.2, 0.25) is 0 Å². The Hall–Kier alpha value is -2.21. The molecule has 0 fully saturated rings. The van der Waals surface area contributed by atoms with E-state index in [9.17, 15) is 9.18 Å². The zero-order chi connectivity index (χ0) is 15.4. The Morgan fingerprint density at radius 3 is 2.76 bits per heavy atom. The third-order valence-corrected chi connectivity index (χ3v) is 3.42. The number of nitrogens with one attached hydrogen (secondary N) is 1. The smallest absolute Gasteiger partial charge is 0.224 e. The van der Waals surface area contributed by atoms with Crippen molar-refractivity contribution in [3.63, 3.8) is 0 Å². The first kappa shape index (κ1) is 15.2. The monoisotopic (exact) mass is 290 g/mol. The van der Waals surface area contributed by atoms with Gasteiger partial charge in [0.25, 0.3) is 0 Å². The average Bonchev–Trinajstić information content (AvgIpc) is 2.90. The lowest BCUT2D eigenvalue weighted by molar-refractivity contribution is -0.124. The lowest BCUT2D eigenvalue weighted by atomic mass is 10.0. The fourth-order valence-corrected chi connectivity index (χ4v) is 2.04. The molecule has 2 atom stereocenters. The fourth-order valence-electron chi connectivity index (χ4n) is 2.04. The highest BCUT2D eigenvalue weighted by molar-refractivity contribution is 5.79. The zero-order valence-corrected chi connectivity index (χ0v) is 12.1. The quantitative estimate of drug-likeness (QED) is 0.873. The fraction of sp³-hybridized carbons (Fsp3) is 0.333. The van der Waals surface area contributed by atoms with Gasteiger partial charge in [-0.2, -0.15) is 0 Å². The second-order valence-corrected chi connectivity index (χ2v) is 5.00. The number of aromatic nitrogens is 2. The summed E-state index contributed by atoms with van der Waals surface area (Å²) in [5, 5.41) is 2.83. The molecule has 1 amide bonds. The van der Waals surface area contributed by atoms with E-state index in [4.69, 9.17) is 5.73 Å². The number of nitrogens with zero attached hydrogens (tertiary/aromatic N) is 2. The summed E-state index contributed by atoms with van der Waals surface area (Å²) in [6.07, 6.45) is 3.36. The first-order chi connectivity index (χ1) is 10.0. The Kier molecular flexibility index (Phi) is 4.70. The van der Waals surface area contributed by atoms with Gasteiger partial charge in [0.2, 0.25) is 5.91 Å². The highest BCUT2D eigenvalue weighted by Gasteiger charge is 2.25. The molecule has 1 heterocycles. The van der Waals surface area contributed by atoms with Crippen LogP contribution in [0, 0.1) is 11.7 Å². The second-order valence-electron chi connectivity index (χ2n) is 5.00. The van der Waals surface area contributed by atoms with Crippen molar-refractivity contribution in [1.29, 1.82) is 0 Å². The first-order valence-electron chi connectivity index (χ1n) is 6.76. The van der Waals surface area contributed by atoms with Crippen LogP contribution in [0.25, 0.3) is 0 Å². The SMILES string of the molecule is CC(CN)C(=O)NC(c1ccccc1F)c1nccn1C. The maximum Gasteiger partial charge on any atom is 0.224 e. The van der Waals surface area contributed by atoms with E-state index < -0.39 is 6.04 Å². The predicted octanol–water partition coefficient (Wildman–Crippen LogP) is 1.36. The Labute approximate surface area is 123 Å². The minimum absolute atomic E-state index is 0.228. The summed E-state index contributed by atoms with van der Waals surface area (Å²) in [6, 6.07) is 5.70. The largest absolute Gasteiger partial charge is 0.342 e. The van der Waals surface area contributed by atoms with Gasteiger partial charge in [-0.05, 0) is 6.07 Å². The molecule has 0 aliphatic heterocycles. The summed E-state index contributed by atoms with van der Waals surface area (Å²) in [5.74, 6) is -0.392. The van der Waals surface area contributed by atoms with Crippen molar-refractivity contribution in [2.45, 2.75) is 13.0 Å². The number of aryl methyl sites for hydroxylation is 1. The highest BCUT2D eigenvalue weighted by atomic mass is 19.1. The molecule has 6 heteroatoms. The van der Waals surface area contributed by atoms with Crippen LogP contribution in [0.1, 0.15) is 24.4 Å². The molecule has 0 radical (unpaired) electrons. The van der Waals surface area contributed by atoms with Crippen molar-refractivity contribution in [1.82, 2.24) is 14.9 Å². The van der Waals surface area contributed by atoms with Gasteiger partial charge in [0, 0.05) is 37.5 Å². The van der Waals surface area contributed by atoms with Crippen molar-refractivity contribution in [3.8, 4) is 0 Å². The summed E-state index contributed by atoms with van der Waals surface area (Å²) in [7, 11) is 1.80. The molecule has 2 rings (SSSR count). The van der Waals surface area contributed by atoms with E-state index in [1.165, 1.54) is 6.07 Å². The van der Waals surface area contributed by atoms with Gasteiger partial charge in [-0.25, -0.2) is 9.37 Å². The molecule has 3 N–H and O–H groups in total. The standard InChI is InChI=1S/C15H19FN4O/c1-10(9-17)15(21)19-13(14-18-7-8-20(14)2)11-5-3-4-6-12(11)16/h3-8,10,13H,9,17H2,1-2H3,(H,19,21). The number of hydrogen-bond donors (Lipinski definition) is 2. The number of rotatable bonds is 5. The Morgan fingerprint density at radius 1 is 1.48 bits per heavy atom. The number of benzene rings is 1. The molecule has 1 aromatic heterocycles. The third kappa shape index (κ3) is 3.28.